The number of carbonyl (C=O) groups is 2. The SMILES string of the molecule is CC1CCc2c(sc(NC(=O)C[n+]3ccc(N(C)C)cc3)c2C(=O)OC(C)C)C1.[Cl-]. The maximum atomic E-state index is 12.8. The Bertz CT molecular complexity index is 894. The van der Waals surface area contributed by atoms with Crippen molar-refractivity contribution in [2.45, 2.75) is 52.7 Å². The highest BCUT2D eigenvalue weighted by atomic mass is 35.5. The maximum Gasteiger partial charge on any atom is 0.341 e. The van der Waals surface area contributed by atoms with Gasteiger partial charge in [0.2, 0.25) is 6.54 Å². The van der Waals surface area contributed by atoms with E-state index in [2.05, 4.69) is 12.2 Å². The number of esters is 1. The Balaban J connectivity index is 0.00000320. The highest BCUT2D eigenvalue weighted by molar-refractivity contribution is 7.17. The molecule has 0 radical (unpaired) electrons. The molecule has 3 rings (SSSR count). The second kappa shape index (κ2) is 10.3. The molecule has 1 aliphatic rings. The molecule has 8 heteroatoms. The van der Waals surface area contributed by atoms with Gasteiger partial charge in [-0.1, -0.05) is 6.92 Å². The van der Waals surface area contributed by atoms with Crippen LogP contribution in [0.15, 0.2) is 24.5 Å². The van der Waals surface area contributed by atoms with Crippen molar-refractivity contribution in [3.8, 4) is 0 Å². The quantitative estimate of drug-likeness (QED) is 0.511. The monoisotopic (exact) mass is 451 g/mol. The van der Waals surface area contributed by atoms with Gasteiger partial charge < -0.3 is 27.4 Å². The highest BCUT2D eigenvalue weighted by Crippen LogP contribution is 2.40. The summed E-state index contributed by atoms with van der Waals surface area (Å²) < 4.78 is 7.29. The van der Waals surface area contributed by atoms with Crippen molar-refractivity contribution in [3.63, 3.8) is 0 Å². The number of rotatable bonds is 6. The fourth-order valence-electron chi connectivity index (χ4n) is 3.51. The van der Waals surface area contributed by atoms with Crippen LogP contribution in [0.2, 0.25) is 0 Å². The number of anilines is 2. The van der Waals surface area contributed by atoms with E-state index in [-0.39, 0.29) is 36.9 Å². The van der Waals surface area contributed by atoms with Gasteiger partial charge in [0.1, 0.15) is 5.00 Å². The number of nitrogens with zero attached hydrogens (tertiary/aromatic N) is 2. The Kier molecular flexibility index (Phi) is 8.26. The number of hydrogen-bond acceptors (Lipinski definition) is 5. The average molecular weight is 452 g/mol. The number of fused-ring (bicyclic) bond motifs is 1. The van der Waals surface area contributed by atoms with Gasteiger partial charge in [0.05, 0.1) is 11.7 Å². The normalized spacial score (nSPS) is 15.2. The Morgan fingerprint density at radius 3 is 2.57 bits per heavy atom. The number of nitrogens with one attached hydrogen (secondary N) is 1. The molecule has 6 nitrogen and oxygen atoms in total. The van der Waals surface area contributed by atoms with Crippen LogP contribution in [0.25, 0.3) is 0 Å². The zero-order valence-electron chi connectivity index (χ0n) is 18.2. The van der Waals surface area contributed by atoms with Gasteiger partial charge in [-0.25, -0.2) is 4.79 Å². The van der Waals surface area contributed by atoms with Crippen molar-refractivity contribution in [3.05, 3.63) is 40.5 Å². The van der Waals surface area contributed by atoms with Gasteiger partial charge >= 0.3 is 5.97 Å². The van der Waals surface area contributed by atoms with Crippen LogP contribution in [-0.2, 0) is 28.9 Å². The molecule has 0 fully saturated rings. The lowest BCUT2D eigenvalue weighted by Crippen LogP contribution is -3.00. The van der Waals surface area contributed by atoms with Crippen LogP contribution in [-0.4, -0.2) is 32.1 Å². The molecule has 2 aromatic heterocycles. The van der Waals surface area contributed by atoms with Gasteiger partial charge in [-0.15, -0.1) is 11.3 Å². The van der Waals surface area contributed by atoms with E-state index in [4.69, 9.17) is 4.74 Å². The van der Waals surface area contributed by atoms with Crippen LogP contribution < -0.4 is 27.2 Å². The lowest BCUT2D eigenvalue weighted by atomic mass is 9.88. The minimum atomic E-state index is -0.342. The topological polar surface area (TPSA) is 62.5 Å². The predicted molar refractivity (Wildman–Crippen MR) is 116 cm³/mol. The molecular weight excluding hydrogens is 422 g/mol. The van der Waals surface area contributed by atoms with Crippen LogP contribution in [0.1, 0.15) is 48.0 Å². The Morgan fingerprint density at radius 2 is 1.97 bits per heavy atom. The fraction of sp³-hybridized carbons (Fsp3) is 0.500. The van der Waals surface area contributed by atoms with Gasteiger partial charge in [0.25, 0.3) is 5.91 Å². The van der Waals surface area contributed by atoms with Crippen molar-refractivity contribution in [2.75, 3.05) is 24.3 Å². The van der Waals surface area contributed by atoms with Crippen molar-refractivity contribution < 1.29 is 31.3 Å². The first-order valence-corrected chi connectivity index (χ1v) is 10.9. The molecule has 0 spiro atoms. The molecule has 2 aromatic rings. The summed E-state index contributed by atoms with van der Waals surface area (Å²) in [4.78, 5) is 28.6. The minimum absolute atomic E-state index is 0. The molecule has 0 aliphatic heterocycles. The maximum absolute atomic E-state index is 12.8. The number of ether oxygens (including phenoxy) is 1. The van der Waals surface area contributed by atoms with E-state index in [1.165, 1.54) is 16.2 Å². The van der Waals surface area contributed by atoms with E-state index in [0.29, 0.717) is 16.5 Å². The molecule has 30 heavy (non-hydrogen) atoms. The molecule has 1 aliphatic carbocycles. The summed E-state index contributed by atoms with van der Waals surface area (Å²) in [6, 6.07) is 3.92. The molecule has 0 bridgehead atoms. The number of amides is 1. The third-order valence-corrected chi connectivity index (χ3v) is 6.20. The second-order valence-corrected chi connectivity index (χ2v) is 9.29. The standard InChI is InChI=1S/C22H29N3O3S.ClH/c1-14(2)28-22(27)20-17-7-6-15(3)12-18(17)29-21(20)23-19(26)13-25-10-8-16(9-11-25)24(4)5;/h8-11,14-15H,6-7,12-13H2,1-5H3;1H. The zero-order chi connectivity index (χ0) is 21.1. The summed E-state index contributed by atoms with van der Waals surface area (Å²) in [5, 5.41) is 3.59. The molecule has 1 amide bonds. The van der Waals surface area contributed by atoms with E-state index < -0.39 is 0 Å². The summed E-state index contributed by atoms with van der Waals surface area (Å²) in [6.45, 7) is 6.09. The van der Waals surface area contributed by atoms with E-state index in [0.717, 1.165) is 30.5 Å². The van der Waals surface area contributed by atoms with Gasteiger partial charge in [0.15, 0.2) is 12.4 Å². The molecule has 1 unspecified atom stereocenters. The molecule has 0 saturated carbocycles. The first-order valence-electron chi connectivity index (χ1n) is 10.1. The Labute approximate surface area is 188 Å². The van der Waals surface area contributed by atoms with Gasteiger partial charge in [-0.3, -0.25) is 4.79 Å². The lowest BCUT2D eigenvalue weighted by Gasteiger charge is -2.18. The predicted octanol–water partition coefficient (Wildman–Crippen LogP) is 0.434. The van der Waals surface area contributed by atoms with Crippen LogP contribution in [0.5, 0.6) is 0 Å². The molecule has 164 valence electrons. The average Bonchev–Trinajstić information content (AvgIpc) is 2.98. The van der Waals surface area contributed by atoms with Gasteiger partial charge in [-0.2, -0.15) is 4.57 Å². The van der Waals surface area contributed by atoms with E-state index in [9.17, 15) is 9.59 Å². The molecule has 1 atom stereocenters. The Morgan fingerprint density at radius 1 is 1.30 bits per heavy atom. The number of aromatic nitrogens is 1. The van der Waals surface area contributed by atoms with Crippen LogP contribution in [0.4, 0.5) is 10.7 Å². The van der Waals surface area contributed by atoms with E-state index in [1.807, 2.05) is 61.9 Å². The summed E-state index contributed by atoms with van der Waals surface area (Å²) in [5.41, 5.74) is 2.67. The minimum Gasteiger partial charge on any atom is -1.00 e. The van der Waals surface area contributed by atoms with E-state index >= 15 is 0 Å². The number of thiophene rings is 1. The lowest BCUT2D eigenvalue weighted by molar-refractivity contribution is -0.684. The van der Waals surface area contributed by atoms with Crippen molar-refractivity contribution in [1.82, 2.24) is 0 Å². The molecule has 2 heterocycles. The molecule has 0 saturated heterocycles. The largest absolute Gasteiger partial charge is 1.00 e. The number of carbonyl (C=O) groups excluding carboxylic acids is 2. The third-order valence-electron chi connectivity index (χ3n) is 5.03. The van der Waals surface area contributed by atoms with Crippen LogP contribution >= 0.6 is 11.3 Å². The zero-order valence-corrected chi connectivity index (χ0v) is 19.8. The number of hydrogen-bond donors (Lipinski definition) is 1. The van der Waals surface area contributed by atoms with Crippen LogP contribution in [0, 0.1) is 5.92 Å². The number of pyridine rings is 1. The fourth-order valence-corrected chi connectivity index (χ4v) is 4.93. The van der Waals surface area contributed by atoms with Crippen LogP contribution in [0.3, 0.4) is 0 Å². The van der Waals surface area contributed by atoms with E-state index in [1.54, 1.807) is 0 Å². The van der Waals surface area contributed by atoms with Gasteiger partial charge in [-0.05, 0) is 44.6 Å². The summed E-state index contributed by atoms with van der Waals surface area (Å²) in [7, 11) is 3.95. The summed E-state index contributed by atoms with van der Waals surface area (Å²) >= 11 is 1.52. The smallest absolute Gasteiger partial charge is 0.341 e. The van der Waals surface area contributed by atoms with Gasteiger partial charge in [0, 0.05) is 36.8 Å². The second-order valence-electron chi connectivity index (χ2n) is 8.18. The number of halogens is 1. The Hall–Kier alpha value is -2.12. The molecular formula is C22H30ClN3O3S. The van der Waals surface area contributed by atoms with Crippen molar-refractivity contribution >= 4 is 33.9 Å². The summed E-state index contributed by atoms with van der Waals surface area (Å²) in [5.74, 6) is 0.0904. The molecule has 0 aromatic carbocycles. The summed E-state index contributed by atoms with van der Waals surface area (Å²) in [6.07, 6.45) is 6.40. The first-order chi connectivity index (χ1) is 13.7. The highest BCUT2D eigenvalue weighted by Gasteiger charge is 2.30. The van der Waals surface area contributed by atoms with Crippen molar-refractivity contribution in [2.24, 2.45) is 5.92 Å². The molecule has 1 N–H and O–H groups in total. The van der Waals surface area contributed by atoms with Crippen molar-refractivity contribution in [1.29, 1.82) is 0 Å². The third kappa shape index (κ3) is 5.73. The first kappa shape index (κ1) is 24.2.